The normalized spacial score (nSPS) is 25.6. The van der Waals surface area contributed by atoms with Crippen LogP contribution in [0.15, 0.2) is 55.8 Å². The standard InChI is InChI=1S/C28H36N4O12P2S/c1-15-9-31(27(37)29-25(15)35)23-7-19(34)22(43-23)13-41-46(39,47-14-18-6-4-3-5-17(18)12-40-45)44-20-8-24(42-21(20)11-33)32-10-16(2)26(36)30-28(32)38/h3-6,9-10,19-24,33-34H,7-8,11-14,45H2,1-2H3,(H,29,35,37)(H,30,36,38)/t19-,20-,21+,22+,23+,24+,46?/m0/s1. The number of aryl methyl sites for hydroxylation is 2. The molecular weight excluding hydrogens is 678 g/mol. The highest BCUT2D eigenvalue weighted by atomic mass is 32.7. The first-order chi connectivity index (χ1) is 22.4. The van der Waals surface area contributed by atoms with Crippen LogP contribution in [-0.2, 0) is 40.0 Å². The van der Waals surface area contributed by atoms with Crippen molar-refractivity contribution >= 4 is 27.6 Å². The first kappa shape index (κ1) is 35.6. The van der Waals surface area contributed by atoms with Crippen molar-refractivity contribution in [1.82, 2.24) is 19.1 Å². The molecule has 1 aromatic carbocycles. The second-order valence-electron chi connectivity index (χ2n) is 11.2. The third-order valence-electron chi connectivity index (χ3n) is 7.87. The summed E-state index contributed by atoms with van der Waals surface area (Å²) in [6.07, 6.45) is -3.34. The Balaban J connectivity index is 1.36. The molecule has 47 heavy (non-hydrogen) atoms. The first-order valence-corrected chi connectivity index (χ1v) is 18.2. The van der Waals surface area contributed by atoms with Gasteiger partial charge in [0.15, 0.2) is 0 Å². The minimum atomic E-state index is -4.14. The van der Waals surface area contributed by atoms with Crippen molar-refractivity contribution < 1.29 is 37.8 Å². The second-order valence-corrected chi connectivity index (χ2v) is 15.5. The van der Waals surface area contributed by atoms with Gasteiger partial charge in [0, 0.05) is 51.6 Å². The topological polar surface area (TPSA) is 213 Å². The zero-order valence-corrected chi connectivity index (χ0v) is 28.3. The van der Waals surface area contributed by atoms with Crippen LogP contribution in [0.4, 0.5) is 0 Å². The Morgan fingerprint density at radius 3 is 2.13 bits per heavy atom. The number of ether oxygens (including phenoxy) is 2. The number of rotatable bonds is 13. The van der Waals surface area contributed by atoms with Crippen LogP contribution in [0.2, 0.25) is 0 Å². The van der Waals surface area contributed by atoms with Crippen molar-refractivity contribution in [1.29, 1.82) is 0 Å². The minimum Gasteiger partial charge on any atom is -0.394 e. The summed E-state index contributed by atoms with van der Waals surface area (Å²) in [6, 6.07) is 7.35. The van der Waals surface area contributed by atoms with Crippen molar-refractivity contribution in [3.63, 3.8) is 0 Å². The molecule has 0 amide bonds. The van der Waals surface area contributed by atoms with Crippen LogP contribution in [0, 0.1) is 13.8 Å². The Bertz CT molecular complexity index is 1860. The van der Waals surface area contributed by atoms with E-state index in [1.54, 1.807) is 0 Å². The van der Waals surface area contributed by atoms with Crippen molar-refractivity contribution in [3.8, 4) is 0 Å². The van der Waals surface area contributed by atoms with Gasteiger partial charge in [-0.15, -0.1) is 0 Å². The van der Waals surface area contributed by atoms with Crippen molar-refractivity contribution in [3.05, 3.63) is 101 Å². The molecule has 2 aliphatic rings. The van der Waals surface area contributed by atoms with Crippen LogP contribution in [0.3, 0.4) is 0 Å². The zero-order chi connectivity index (χ0) is 33.9. The molecule has 2 unspecified atom stereocenters. The van der Waals surface area contributed by atoms with E-state index in [-0.39, 0.29) is 36.3 Å². The molecule has 8 atom stereocenters. The van der Waals surface area contributed by atoms with Gasteiger partial charge in [0.05, 0.1) is 25.9 Å². The predicted octanol–water partition coefficient (Wildman–Crippen LogP) is 1.38. The van der Waals surface area contributed by atoms with E-state index in [0.717, 1.165) is 27.1 Å². The number of aromatic nitrogens is 4. The van der Waals surface area contributed by atoms with Crippen LogP contribution < -0.4 is 22.5 Å². The predicted molar refractivity (Wildman–Crippen MR) is 173 cm³/mol. The van der Waals surface area contributed by atoms with Crippen molar-refractivity contribution in [2.45, 2.75) is 75.9 Å². The Hall–Kier alpha value is -2.69. The number of aliphatic hydroxyl groups excluding tert-OH is 2. The van der Waals surface area contributed by atoms with E-state index < -0.39 is 79.4 Å². The molecular formula is C28H36N4O12P2S. The van der Waals surface area contributed by atoms with Crippen molar-refractivity contribution in [2.75, 3.05) is 13.2 Å². The molecule has 0 aliphatic carbocycles. The van der Waals surface area contributed by atoms with E-state index in [9.17, 15) is 34.0 Å². The van der Waals surface area contributed by atoms with Crippen LogP contribution in [0.1, 0.15) is 47.6 Å². The Labute approximate surface area is 273 Å². The molecule has 4 N–H and O–H groups in total. The summed E-state index contributed by atoms with van der Waals surface area (Å²) in [4.78, 5) is 53.0. The molecule has 2 aromatic heterocycles. The Kier molecular flexibility index (Phi) is 11.6. The lowest BCUT2D eigenvalue weighted by Gasteiger charge is -2.25. The highest BCUT2D eigenvalue weighted by Gasteiger charge is 2.44. The number of hydrogen-bond acceptors (Lipinski definition) is 13. The average molecular weight is 715 g/mol. The number of hydrogen-bond donors (Lipinski definition) is 4. The Morgan fingerprint density at radius 1 is 0.957 bits per heavy atom. The smallest absolute Gasteiger partial charge is 0.389 e. The third-order valence-corrected chi connectivity index (χ3v) is 11.7. The number of nitrogens with one attached hydrogen (secondary N) is 2. The monoisotopic (exact) mass is 714 g/mol. The zero-order valence-electron chi connectivity index (χ0n) is 25.5. The summed E-state index contributed by atoms with van der Waals surface area (Å²) >= 11 is 0.872. The Morgan fingerprint density at radius 2 is 1.53 bits per heavy atom. The van der Waals surface area contributed by atoms with Gasteiger partial charge in [-0.25, -0.2) is 14.2 Å². The summed E-state index contributed by atoms with van der Waals surface area (Å²) < 4.78 is 45.7. The highest BCUT2D eigenvalue weighted by Crippen LogP contribution is 2.64. The van der Waals surface area contributed by atoms with E-state index in [1.165, 1.54) is 30.8 Å². The SMILES string of the molecule is Cc1cn([C@H]2C[C@H](OP(=O)(OC[C@H]3O[C@@H](n4cc(C)c(=O)[nH]c4=O)C[C@@H]3O)SCc3ccccc3COP)[C@@H](CO)O2)c(=O)[nH]c1=O. The first-order valence-electron chi connectivity index (χ1n) is 14.6. The molecule has 3 aromatic rings. The molecule has 2 saturated heterocycles. The molecule has 0 saturated carbocycles. The van der Waals surface area contributed by atoms with Gasteiger partial charge < -0.3 is 24.2 Å². The van der Waals surface area contributed by atoms with Crippen LogP contribution in [0.25, 0.3) is 0 Å². The fraction of sp³-hybridized carbons (Fsp3) is 0.500. The number of aliphatic hydroxyl groups is 2. The van der Waals surface area contributed by atoms with Gasteiger partial charge in [0.25, 0.3) is 11.1 Å². The van der Waals surface area contributed by atoms with Gasteiger partial charge in [0.1, 0.15) is 30.8 Å². The van der Waals surface area contributed by atoms with Crippen LogP contribution in [0.5, 0.6) is 0 Å². The number of benzene rings is 1. The fourth-order valence-electron chi connectivity index (χ4n) is 5.29. The van der Waals surface area contributed by atoms with Gasteiger partial charge in [0.2, 0.25) is 0 Å². The second kappa shape index (κ2) is 15.2. The third kappa shape index (κ3) is 8.31. The summed E-state index contributed by atoms with van der Waals surface area (Å²) in [7, 11) is 2.18. The number of aromatic amines is 2. The fourth-order valence-corrected chi connectivity index (χ4v) is 8.94. The van der Waals surface area contributed by atoms with E-state index >= 15 is 0 Å². The maximum Gasteiger partial charge on any atom is 0.389 e. The molecule has 4 heterocycles. The lowest BCUT2D eigenvalue weighted by molar-refractivity contribution is -0.0510. The molecule has 2 fully saturated rings. The van der Waals surface area contributed by atoms with Gasteiger partial charge >= 0.3 is 18.2 Å². The lowest BCUT2D eigenvalue weighted by atomic mass is 10.1. The van der Waals surface area contributed by atoms with Crippen LogP contribution in [-0.4, -0.2) is 66.9 Å². The lowest BCUT2D eigenvalue weighted by Crippen LogP contribution is -2.33. The molecule has 0 spiro atoms. The maximum absolute atomic E-state index is 14.4. The average Bonchev–Trinajstić information content (AvgIpc) is 3.61. The summed E-state index contributed by atoms with van der Waals surface area (Å²) in [6.45, 7) is -1.73. The molecule has 0 bridgehead atoms. The van der Waals surface area contributed by atoms with Crippen molar-refractivity contribution in [2.24, 2.45) is 0 Å². The summed E-state index contributed by atoms with van der Waals surface area (Å²) in [5, 5.41) is 20.9. The largest absolute Gasteiger partial charge is 0.394 e. The number of H-pyrrole nitrogens is 2. The van der Waals surface area contributed by atoms with Gasteiger partial charge in [-0.3, -0.25) is 37.7 Å². The minimum absolute atomic E-state index is 0.00179. The summed E-state index contributed by atoms with van der Waals surface area (Å²) in [5.74, 6) is 0.170. The molecule has 16 nitrogen and oxygen atoms in total. The van der Waals surface area contributed by atoms with E-state index in [1.807, 2.05) is 24.3 Å². The van der Waals surface area contributed by atoms with Gasteiger partial charge in [-0.05, 0) is 36.4 Å². The highest BCUT2D eigenvalue weighted by molar-refractivity contribution is 8.54. The molecule has 2 aliphatic heterocycles. The van der Waals surface area contributed by atoms with E-state index in [2.05, 4.69) is 19.4 Å². The van der Waals surface area contributed by atoms with Crippen LogP contribution >= 0.6 is 27.6 Å². The molecule has 0 radical (unpaired) electrons. The van der Waals surface area contributed by atoms with Gasteiger partial charge in [-0.2, -0.15) is 0 Å². The number of nitrogens with zero attached hydrogens (tertiary/aromatic N) is 2. The van der Waals surface area contributed by atoms with Gasteiger partial charge in [-0.1, -0.05) is 24.3 Å². The summed E-state index contributed by atoms with van der Waals surface area (Å²) in [5.41, 5.74) is -0.328. The molecule has 19 heteroatoms. The van der Waals surface area contributed by atoms with E-state index in [4.69, 9.17) is 23.0 Å². The quantitative estimate of drug-likeness (QED) is 0.185. The molecule has 5 rings (SSSR count). The maximum atomic E-state index is 14.4. The van der Waals surface area contributed by atoms with E-state index in [0.29, 0.717) is 0 Å². The molecule has 256 valence electrons.